The van der Waals surface area contributed by atoms with Crippen LogP contribution in [0.4, 0.5) is 8.78 Å². The van der Waals surface area contributed by atoms with Crippen molar-refractivity contribution in [1.29, 1.82) is 0 Å². The Hall–Kier alpha value is -3.59. The van der Waals surface area contributed by atoms with Gasteiger partial charge >= 0.3 is 0 Å². The Labute approximate surface area is 198 Å². The van der Waals surface area contributed by atoms with Gasteiger partial charge in [0.2, 0.25) is 0 Å². The standard InChI is InChI=1S/C25H21F2N3O3S/c1-29-14-19(17-6-7-28-23(17)25(29)32)18-12-15(24(31)30-8-10-34-11-9-30)2-4-21(18)33-22-5-3-16(26)13-20(22)27/h2-7,12-14,28H,8-11H2,1H3. The fraction of sp³-hybridized carbons (Fsp3) is 0.200. The van der Waals surface area contributed by atoms with Crippen LogP contribution in [0.1, 0.15) is 10.4 Å². The monoisotopic (exact) mass is 481 g/mol. The molecule has 0 bridgehead atoms. The third-order valence-corrected chi connectivity index (χ3v) is 6.77. The van der Waals surface area contributed by atoms with Crippen molar-refractivity contribution >= 4 is 28.6 Å². The summed E-state index contributed by atoms with van der Waals surface area (Å²) in [5.74, 6) is 0.239. The SMILES string of the molecule is Cn1cc(-c2cc(C(=O)N3CCSCC3)ccc2Oc2ccc(F)cc2F)c2cc[nH]c2c1=O. The number of aromatic nitrogens is 2. The Bertz CT molecular complexity index is 1460. The zero-order valence-electron chi connectivity index (χ0n) is 18.3. The molecule has 0 aliphatic carbocycles. The van der Waals surface area contributed by atoms with Gasteiger partial charge in [-0.3, -0.25) is 9.59 Å². The van der Waals surface area contributed by atoms with Crippen LogP contribution in [-0.4, -0.2) is 45.0 Å². The number of carbonyl (C=O) groups excluding carboxylic acids is 1. The molecule has 0 spiro atoms. The predicted molar refractivity (Wildman–Crippen MR) is 129 cm³/mol. The molecule has 0 atom stereocenters. The Balaban J connectivity index is 1.66. The van der Waals surface area contributed by atoms with E-state index in [1.54, 1.807) is 43.7 Å². The maximum absolute atomic E-state index is 14.4. The molecular formula is C25H21F2N3O3S. The molecular weight excluding hydrogens is 460 g/mol. The lowest BCUT2D eigenvalue weighted by molar-refractivity contribution is 0.0772. The van der Waals surface area contributed by atoms with Crippen molar-refractivity contribution in [1.82, 2.24) is 14.5 Å². The Morgan fingerprint density at radius 1 is 1.03 bits per heavy atom. The van der Waals surface area contributed by atoms with Crippen LogP contribution in [0.15, 0.2) is 59.7 Å². The number of aryl methyl sites for hydroxylation is 1. The molecule has 34 heavy (non-hydrogen) atoms. The van der Waals surface area contributed by atoms with Crippen molar-refractivity contribution in [3.05, 3.63) is 82.4 Å². The summed E-state index contributed by atoms with van der Waals surface area (Å²) in [4.78, 5) is 30.5. The molecule has 4 aromatic rings. The molecule has 1 fully saturated rings. The number of pyridine rings is 1. The average molecular weight is 482 g/mol. The second-order valence-electron chi connectivity index (χ2n) is 8.02. The number of ether oxygens (including phenoxy) is 1. The minimum absolute atomic E-state index is 0.101. The van der Waals surface area contributed by atoms with Crippen LogP contribution >= 0.6 is 11.8 Å². The first-order valence-electron chi connectivity index (χ1n) is 10.7. The van der Waals surface area contributed by atoms with Gasteiger partial charge in [0.15, 0.2) is 11.6 Å². The van der Waals surface area contributed by atoms with Crippen LogP contribution < -0.4 is 10.3 Å². The summed E-state index contributed by atoms with van der Waals surface area (Å²) in [6.45, 7) is 1.33. The zero-order chi connectivity index (χ0) is 23.8. The summed E-state index contributed by atoms with van der Waals surface area (Å²) in [6, 6.07) is 9.79. The van der Waals surface area contributed by atoms with E-state index in [1.807, 2.05) is 16.7 Å². The van der Waals surface area contributed by atoms with E-state index in [1.165, 1.54) is 10.6 Å². The van der Waals surface area contributed by atoms with Crippen LogP contribution in [0.25, 0.3) is 22.0 Å². The van der Waals surface area contributed by atoms with Gasteiger partial charge in [-0.05, 0) is 36.4 Å². The highest BCUT2D eigenvalue weighted by molar-refractivity contribution is 7.99. The van der Waals surface area contributed by atoms with Crippen molar-refractivity contribution in [2.24, 2.45) is 7.05 Å². The molecule has 1 aliphatic rings. The van der Waals surface area contributed by atoms with E-state index in [2.05, 4.69) is 4.98 Å². The topological polar surface area (TPSA) is 67.3 Å². The number of rotatable bonds is 4. The number of hydrogen-bond donors (Lipinski definition) is 1. The van der Waals surface area contributed by atoms with Crippen molar-refractivity contribution in [3.63, 3.8) is 0 Å². The molecule has 2 aromatic heterocycles. The second-order valence-corrected chi connectivity index (χ2v) is 9.24. The van der Waals surface area contributed by atoms with E-state index in [0.29, 0.717) is 40.7 Å². The van der Waals surface area contributed by atoms with Gasteiger partial charge in [0.25, 0.3) is 11.5 Å². The summed E-state index contributed by atoms with van der Waals surface area (Å²) in [5, 5.41) is 0.645. The van der Waals surface area contributed by atoms with E-state index < -0.39 is 11.6 Å². The van der Waals surface area contributed by atoms with E-state index in [-0.39, 0.29) is 23.0 Å². The number of thioether (sulfide) groups is 1. The van der Waals surface area contributed by atoms with Gasteiger partial charge in [-0.2, -0.15) is 11.8 Å². The fourth-order valence-electron chi connectivity index (χ4n) is 4.07. The number of amides is 1. The molecule has 2 aromatic carbocycles. The van der Waals surface area contributed by atoms with Crippen molar-refractivity contribution in [2.45, 2.75) is 0 Å². The normalized spacial score (nSPS) is 13.9. The molecule has 0 unspecified atom stereocenters. The van der Waals surface area contributed by atoms with Gasteiger partial charge in [-0.1, -0.05) is 0 Å². The number of nitrogens with zero attached hydrogens (tertiary/aromatic N) is 2. The highest BCUT2D eigenvalue weighted by Gasteiger charge is 2.22. The third kappa shape index (κ3) is 4.07. The summed E-state index contributed by atoms with van der Waals surface area (Å²) in [7, 11) is 1.63. The highest BCUT2D eigenvalue weighted by atomic mass is 32.2. The number of hydrogen-bond acceptors (Lipinski definition) is 4. The smallest absolute Gasteiger partial charge is 0.274 e. The molecule has 9 heteroatoms. The molecule has 0 saturated carbocycles. The molecule has 1 aliphatic heterocycles. The molecule has 1 saturated heterocycles. The Morgan fingerprint density at radius 2 is 1.79 bits per heavy atom. The first kappa shape index (κ1) is 22.2. The van der Waals surface area contributed by atoms with Gasteiger partial charge in [0.1, 0.15) is 17.1 Å². The number of halogens is 2. The number of benzene rings is 2. The van der Waals surface area contributed by atoms with Crippen LogP contribution in [0, 0.1) is 11.6 Å². The quantitative estimate of drug-likeness (QED) is 0.455. The maximum Gasteiger partial charge on any atom is 0.274 e. The van der Waals surface area contributed by atoms with Gasteiger partial charge < -0.3 is 19.2 Å². The zero-order valence-corrected chi connectivity index (χ0v) is 19.1. The largest absolute Gasteiger partial charge is 0.454 e. The first-order valence-corrected chi connectivity index (χ1v) is 11.9. The molecule has 1 N–H and O–H groups in total. The maximum atomic E-state index is 14.4. The van der Waals surface area contributed by atoms with Gasteiger partial charge in [-0.15, -0.1) is 0 Å². The summed E-state index contributed by atoms with van der Waals surface area (Å²) >= 11 is 1.81. The predicted octanol–water partition coefficient (Wildman–Crippen LogP) is 4.79. The molecule has 5 rings (SSSR count). The minimum Gasteiger partial charge on any atom is -0.454 e. The number of nitrogens with one attached hydrogen (secondary N) is 1. The number of fused-ring (bicyclic) bond motifs is 1. The van der Waals surface area contributed by atoms with Crippen molar-refractivity contribution < 1.29 is 18.3 Å². The van der Waals surface area contributed by atoms with Gasteiger partial charge in [0, 0.05) is 72.2 Å². The average Bonchev–Trinajstić information content (AvgIpc) is 3.34. The first-order chi connectivity index (χ1) is 16.4. The number of aromatic amines is 1. The van der Waals surface area contributed by atoms with E-state index >= 15 is 0 Å². The van der Waals surface area contributed by atoms with Gasteiger partial charge in [-0.25, -0.2) is 8.78 Å². The summed E-state index contributed by atoms with van der Waals surface area (Å²) in [6.07, 6.45) is 3.32. The number of H-pyrrole nitrogens is 1. The molecule has 3 heterocycles. The van der Waals surface area contributed by atoms with Crippen LogP contribution in [0.3, 0.4) is 0 Å². The molecule has 1 amide bonds. The highest BCUT2D eigenvalue weighted by Crippen LogP contribution is 2.38. The fourth-order valence-corrected chi connectivity index (χ4v) is 4.97. The summed E-state index contributed by atoms with van der Waals surface area (Å²) < 4.78 is 35.1. The lowest BCUT2D eigenvalue weighted by Gasteiger charge is -2.26. The molecule has 174 valence electrons. The third-order valence-electron chi connectivity index (χ3n) is 5.82. The minimum atomic E-state index is -0.843. The second kappa shape index (κ2) is 8.98. The Morgan fingerprint density at radius 3 is 2.56 bits per heavy atom. The Kier molecular flexibility index (Phi) is 5.87. The summed E-state index contributed by atoms with van der Waals surface area (Å²) in [5.41, 5.74) is 1.82. The van der Waals surface area contributed by atoms with E-state index in [0.717, 1.165) is 23.6 Å². The van der Waals surface area contributed by atoms with Crippen molar-refractivity contribution in [3.8, 4) is 22.6 Å². The lowest BCUT2D eigenvalue weighted by atomic mass is 9.99. The van der Waals surface area contributed by atoms with E-state index in [9.17, 15) is 18.4 Å². The lowest BCUT2D eigenvalue weighted by Crippen LogP contribution is -2.37. The molecule has 6 nitrogen and oxygen atoms in total. The molecule has 0 radical (unpaired) electrons. The van der Waals surface area contributed by atoms with Crippen molar-refractivity contribution in [2.75, 3.05) is 24.6 Å². The van der Waals surface area contributed by atoms with Gasteiger partial charge in [0.05, 0.1) is 0 Å². The number of carbonyl (C=O) groups is 1. The van der Waals surface area contributed by atoms with Crippen LogP contribution in [-0.2, 0) is 7.05 Å². The van der Waals surface area contributed by atoms with Crippen LogP contribution in [0.2, 0.25) is 0 Å². The van der Waals surface area contributed by atoms with Crippen LogP contribution in [0.5, 0.6) is 11.5 Å². The van der Waals surface area contributed by atoms with E-state index in [4.69, 9.17) is 4.74 Å².